The molecule has 174 valence electrons. The van der Waals surface area contributed by atoms with Crippen LogP contribution in [0.3, 0.4) is 0 Å². The van der Waals surface area contributed by atoms with Crippen LogP contribution < -0.4 is 10.8 Å². The highest BCUT2D eigenvalue weighted by Gasteiger charge is 2.59. The molecule has 2 saturated heterocycles. The summed E-state index contributed by atoms with van der Waals surface area (Å²) in [5.41, 5.74) is -0.757. The molecule has 0 amide bonds. The molecule has 1 aromatic carbocycles. The maximum absolute atomic E-state index is 14.3. The highest BCUT2D eigenvalue weighted by atomic mass is 31.2. The summed E-state index contributed by atoms with van der Waals surface area (Å²) in [6.07, 6.45) is -5.64. The Morgan fingerprint density at radius 3 is 2.78 bits per heavy atom. The number of anilines is 1. The quantitative estimate of drug-likeness (QED) is 0.553. The molecule has 0 aliphatic carbocycles. The first-order valence-electron chi connectivity index (χ1n) is 9.51. The molecule has 10 nitrogen and oxygen atoms in total. The van der Waals surface area contributed by atoms with Crippen LogP contribution in [0.2, 0.25) is 0 Å². The molecule has 2 aromatic rings. The highest BCUT2D eigenvalue weighted by Crippen LogP contribution is 2.55. The maximum Gasteiger partial charge on any atom is 0.434 e. The predicted octanol–water partition coefficient (Wildman–Crippen LogP) is 1.97. The number of nitrogens with one attached hydrogen (secondary N) is 1. The largest absolute Gasteiger partial charge is 0.434 e. The van der Waals surface area contributed by atoms with Gasteiger partial charge in [0.05, 0.1) is 19.3 Å². The first-order valence-corrected chi connectivity index (χ1v) is 11.1. The normalized spacial score (nSPS) is 32.0. The van der Waals surface area contributed by atoms with E-state index < -0.39 is 56.3 Å². The minimum Gasteiger partial charge on any atom is -0.394 e. The molecule has 0 bridgehead atoms. The Kier molecular flexibility index (Phi) is 6.14. The molecule has 0 spiro atoms. The SMILES string of the molecule is O=c1nc(NP2(=O)OCCC(c3cccc(F)c3)O2)ccn1[C@@H]1O[C@H](CO)[C@@H](O)C1(F)F. The summed E-state index contributed by atoms with van der Waals surface area (Å²) in [7, 11) is -4.02. The van der Waals surface area contributed by atoms with Crippen LogP contribution in [0.25, 0.3) is 0 Å². The van der Waals surface area contributed by atoms with Crippen molar-refractivity contribution in [2.75, 3.05) is 18.3 Å². The number of nitrogens with zero attached hydrogens (tertiary/aromatic N) is 2. The number of alkyl halides is 2. The van der Waals surface area contributed by atoms with Gasteiger partial charge in [0.1, 0.15) is 17.7 Å². The summed E-state index contributed by atoms with van der Waals surface area (Å²) in [4.78, 5) is 15.9. The molecule has 32 heavy (non-hydrogen) atoms. The fraction of sp³-hybridized carbons (Fsp3) is 0.444. The van der Waals surface area contributed by atoms with Gasteiger partial charge in [-0.2, -0.15) is 13.8 Å². The fourth-order valence-electron chi connectivity index (χ4n) is 3.44. The van der Waals surface area contributed by atoms with Crippen molar-refractivity contribution in [3.05, 3.63) is 58.4 Å². The fourth-order valence-corrected chi connectivity index (χ4v) is 4.93. The monoisotopic (exact) mass is 477 g/mol. The van der Waals surface area contributed by atoms with Gasteiger partial charge in [0, 0.05) is 12.6 Å². The van der Waals surface area contributed by atoms with E-state index in [9.17, 15) is 27.6 Å². The summed E-state index contributed by atoms with van der Waals surface area (Å²) >= 11 is 0. The van der Waals surface area contributed by atoms with Crippen LogP contribution in [0.1, 0.15) is 24.3 Å². The molecule has 1 aromatic heterocycles. The van der Waals surface area contributed by atoms with Crippen molar-refractivity contribution in [1.82, 2.24) is 9.55 Å². The molecule has 4 rings (SSSR count). The van der Waals surface area contributed by atoms with E-state index in [0.717, 1.165) is 12.3 Å². The summed E-state index contributed by atoms with van der Waals surface area (Å²) < 4.78 is 71.0. The number of aromatic nitrogens is 2. The molecule has 0 radical (unpaired) electrons. The molecule has 3 N–H and O–H groups in total. The van der Waals surface area contributed by atoms with Crippen molar-refractivity contribution in [2.45, 2.75) is 36.9 Å². The Bertz CT molecular complexity index is 1100. The average Bonchev–Trinajstić information content (AvgIpc) is 2.97. The molecule has 2 aliphatic rings. The minimum atomic E-state index is -4.02. The van der Waals surface area contributed by atoms with E-state index in [-0.39, 0.29) is 12.4 Å². The lowest BCUT2D eigenvalue weighted by Gasteiger charge is -2.30. The number of halogens is 3. The Labute approximate surface area is 179 Å². The Morgan fingerprint density at radius 2 is 2.12 bits per heavy atom. The van der Waals surface area contributed by atoms with Crippen LogP contribution in [-0.2, 0) is 18.3 Å². The third-order valence-corrected chi connectivity index (χ3v) is 6.58. The van der Waals surface area contributed by atoms with Gasteiger partial charge in [0.15, 0.2) is 6.10 Å². The number of ether oxygens (including phenoxy) is 1. The molecule has 3 heterocycles. The topological polar surface area (TPSA) is 132 Å². The lowest BCUT2D eigenvalue weighted by atomic mass is 10.1. The van der Waals surface area contributed by atoms with Crippen LogP contribution in [-0.4, -0.2) is 51.1 Å². The van der Waals surface area contributed by atoms with Gasteiger partial charge in [-0.05, 0) is 23.8 Å². The van der Waals surface area contributed by atoms with Gasteiger partial charge in [0.2, 0.25) is 6.23 Å². The second kappa shape index (κ2) is 8.58. The standard InChI is InChI=1S/C18H19F3N3O7P/c19-11-3-1-2-10(8-11)12-5-7-29-32(28,31-12)23-14-4-6-24(17(27)22-14)16-18(20,21)15(26)13(9-25)30-16/h1-4,6,8,12-13,15-16,25-26H,5,7,9H2,(H,22,23,27,28)/t12?,13-,15-,16-,32?/m1/s1. The lowest BCUT2D eigenvalue weighted by Crippen LogP contribution is -2.41. The maximum atomic E-state index is 14.3. The molecule has 2 aliphatic heterocycles. The average molecular weight is 477 g/mol. The van der Waals surface area contributed by atoms with Crippen molar-refractivity contribution in [2.24, 2.45) is 0 Å². The lowest BCUT2D eigenvalue weighted by molar-refractivity contribution is -0.140. The van der Waals surface area contributed by atoms with E-state index in [1.165, 1.54) is 18.2 Å². The molecule has 5 atom stereocenters. The first-order chi connectivity index (χ1) is 15.1. The van der Waals surface area contributed by atoms with E-state index in [4.69, 9.17) is 18.9 Å². The van der Waals surface area contributed by atoms with Gasteiger partial charge in [-0.15, -0.1) is 0 Å². The van der Waals surface area contributed by atoms with Gasteiger partial charge < -0.3 is 14.9 Å². The number of aliphatic hydroxyl groups is 2. The van der Waals surface area contributed by atoms with Gasteiger partial charge in [-0.1, -0.05) is 12.1 Å². The summed E-state index contributed by atoms with van der Waals surface area (Å²) in [5.74, 6) is -4.64. The zero-order chi connectivity index (χ0) is 23.1. The van der Waals surface area contributed by atoms with Gasteiger partial charge in [0.25, 0.3) is 0 Å². The van der Waals surface area contributed by atoms with Crippen molar-refractivity contribution in [3.8, 4) is 0 Å². The second-order valence-corrected chi connectivity index (χ2v) is 8.90. The van der Waals surface area contributed by atoms with Crippen molar-refractivity contribution in [3.63, 3.8) is 0 Å². The number of rotatable bonds is 5. The van der Waals surface area contributed by atoms with Gasteiger partial charge >= 0.3 is 19.4 Å². The third kappa shape index (κ3) is 4.32. The van der Waals surface area contributed by atoms with Crippen molar-refractivity contribution < 1.29 is 41.7 Å². The molecule has 0 saturated carbocycles. The van der Waals surface area contributed by atoms with Crippen LogP contribution in [0.5, 0.6) is 0 Å². The molecular weight excluding hydrogens is 458 g/mol. The molecular formula is C18H19F3N3O7P. The van der Waals surface area contributed by atoms with Gasteiger partial charge in [-0.25, -0.2) is 13.8 Å². The van der Waals surface area contributed by atoms with E-state index >= 15 is 0 Å². The van der Waals surface area contributed by atoms with Crippen molar-refractivity contribution >= 4 is 13.6 Å². The highest BCUT2D eigenvalue weighted by molar-refractivity contribution is 7.55. The first kappa shape index (κ1) is 22.9. The van der Waals surface area contributed by atoms with E-state index in [2.05, 4.69) is 10.1 Å². The zero-order valence-electron chi connectivity index (χ0n) is 16.3. The summed E-state index contributed by atoms with van der Waals surface area (Å²) in [5, 5.41) is 21.0. The Morgan fingerprint density at radius 1 is 1.34 bits per heavy atom. The van der Waals surface area contributed by atoms with Crippen LogP contribution in [0.4, 0.5) is 19.0 Å². The zero-order valence-corrected chi connectivity index (χ0v) is 17.2. The van der Waals surface area contributed by atoms with Crippen LogP contribution in [0, 0.1) is 5.82 Å². The number of hydrogen-bond donors (Lipinski definition) is 3. The number of benzene rings is 1. The number of hydrogen-bond acceptors (Lipinski definition) is 8. The number of aliphatic hydroxyl groups excluding tert-OH is 2. The summed E-state index contributed by atoms with van der Waals surface area (Å²) in [6, 6.07) is 6.62. The smallest absolute Gasteiger partial charge is 0.394 e. The third-order valence-electron chi connectivity index (χ3n) is 5.02. The van der Waals surface area contributed by atoms with E-state index in [1.807, 2.05) is 0 Å². The van der Waals surface area contributed by atoms with Gasteiger partial charge in [-0.3, -0.25) is 18.7 Å². The van der Waals surface area contributed by atoms with Crippen LogP contribution in [0.15, 0.2) is 41.3 Å². The Balaban J connectivity index is 1.52. The van der Waals surface area contributed by atoms with Crippen LogP contribution >= 0.6 is 7.75 Å². The van der Waals surface area contributed by atoms with E-state index in [1.54, 1.807) is 6.07 Å². The summed E-state index contributed by atoms with van der Waals surface area (Å²) in [6.45, 7) is -0.871. The molecule has 2 fully saturated rings. The Hall–Kier alpha value is -2.28. The predicted molar refractivity (Wildman–Crippen MR) is 102 cm³/mol. The van der Waals surface area contributed by atoms with Crippen molar-refractivity contribution in [1.29, 1.82) is 0 Å². The van der Waals surface area contributed by atoms with E-state index in [0.29, 0.717) is 16.6 Å². The molecule has 14 heteroatoms. The molecule has 2 unspecified atom stereocenters. The second-order valence-electron chi connectivity index (χ2n) is 7.21. The minimum absolute atomic E-state index is 0.00506.